The lowest BCUT2D eigenvalue weighted by atomic mass is 9.74. The van der Waals surface area contributed by atoms with Gasteiger partial charge in [0.2, 0.25) is 0 Å². The molecule has 0 radical (unpaired) electrons. The number of amides is 1. The van der Waals surface area contributed by atoms with Crippen molar-refractivity contribution in [1.82, 2.24) is 14.5 Å². The number of hydrogen-bond donors (Lipinski definition) is 1. The molecule has 0 unspecified atom stereocenters. The van der Waals surface area contributed by atoms with Crippen LogP contribution in [0.2, 0.25) is 0 Å². The number of nitrogens with zero attached hydrogens (tertiary/aromatic N) is 3. The van der Waals surface area contributed by atoms with Gasteiger partial charge < -0.3 is 19.3 Å². The van der Waals surface area contributed by atoms with Gasteiger partial charge in [-0.05, 0) is 39.2 Å². The van der Waals surface area contributed by atoms with Gasteiger partial charge in [0.25, 0.3) is 0 Å². The molecule has 28 heavy (non-hydrogen) atoms. The van der Waals surface area contributed by atoms with E-state index in [1.54, 1.807) is 4.90 Å². The third-order valence-corrected chi connectivity index (χ3v) is 6.60. The molecular formula is C22H27N3O3. The van der Waals surface area contributed by atoms with Crippen molar-refractivity contribution < 1.29 is 14.6 Å². The number of fused-ring (bicyclic) bond motifs is 3. The second-order valence-corrected chi connectivity index (χ2v) is 9.56. The Morgan fingerprint density at radius 1 is 1.29 bits per heavy atom. The van der Waals surface area contributed by atoms with Crippen LogP contribution in [-0.2, 0) is 4.74 Å². The van der Waals surface area contributed by atoms with E-state index in [4.69, 9.17) is 4.74 Å². The predicted molar refractivity (Wildman–Crippen MR) is 105 cm³/mol. The average molecular weight is 381 g/mol. The number of aliphatic hydroxyl groups is 1. The molecule has 2 fully saturated rings. The Hall–Kier alpha value is -2.34. The highest BCUT2D eigenvalue weighted by molar-refractivity contribution is 5.70. The molecule has 1 saturated carbocycles. The zero-order valence-corrected chi connectivity index (χ0v) is 16.6. The second kappa shape index (κ2) is 5.83. The molecule has 6 nitrogen and oxygen atoms in total. The molecule has 1 aromatic heterocycles. The number of rotatable bonds is 1. The van der Waals surface area contributed by atoms with Crippen molar-refractivity contribution in [2.24, 2.45) is 11.3 Å². The molecule has 1 amide bonds. The van der Waals surface area contributed by atoms with E-state index >= 15 is 0 Å². The van der Waals surface area contributed by atoms with Crippen molar-refractivity contribution in [2.45, 2.75) is 51.4 Å². The lowest BCUT2D eigenvalue weighted by Crippen LogP contribution is -2.63. The minimum Gasteiger partial charge on any atom is -0.444 e. The van der Waals surface area contributed by atoms with Crippen molar-refractivity contribution in [1.29, 1.82) is 0 Å². The van der Waals surface area contributed by atoms with E-state index in [2.05, 4.69) is 33.8 Å². The Bertz CT molecular complexity index is 923. The van der Waals surface area contributed by atoms with Crippen LogP contribution in [0.3, 0.4) is 0 Å². The molecule has 1 aliphatic carbocycles. The SMILES string of the molecule is CC(C)(C)OC(=O)N1CC2(CC[C@H]([C@@H]3c4ccccc4-c4cncn43)[C@H]2O)C1. The van der Waals surface area contributed by atoms with Gasteiger partial charge in [0.15, 0.2) is 0 Å². The van der Waals surface area contributed by atoms with E-state index in [0.717, 1.165) is 18.5 Å². The zero-order chi connectivity index (χ0) is 19.7. The normalized spacial score (nSPS) is 27.4. The molecule has 1 N–H and O–H groups in total. The summed E-state index contributed by atoms with van der Waals surface area (Å²) in [6, 6.07) is 8.52. The maximum absolute atomic E-state index is 12.3. The number of aromatic nitrogens is 2. The van der Waals surface area contributed by atoms with Crippen LogP contribution in [0.1, 0.15) is 45.2 Å². The number of ether oxygens (including phenoxy) is 1. The van der Waals surface area contributed by atoms with Crippen molar-refractivity contribution in [2.75, 3.05) is 13.1 Å². The molecule has 5 rings (SSSR count). The molecule has 3 heterocycles. The summed E-state index contributed by atoms with van der Waals surface area (Å²) in [5.41, 5.74) is 2.89. The molecule has 0 bridgehead atoms. The summed E-state index contributed by atoms with van der Waals surface area (Å²) < 4.78 is 7.69. The van der Waals surface area contributed by atoms with Crippen molar-refractivity contribution in [3.8, 4) is 11.3 Å². The first-order valence-electron chi connectivity index (χ1n) is 10.1. The topological polar surface area (TPSA) is 67.6 Å². The molecular weight excluding hydrogens is 354 g/mol. The first-order chi connectivity index (χ1) is 13.3. The van der Waals surface area contributed by atoms with Crippen LogP contribution in [-0.4, -0.2) is 50.4 Å². The molecule has 1 saturated heterocycles. The molecule has 3 atom stereocenters. The summed E-state index contributed by atoms with van der Waals surface area (Å²) in [6.07, 6.45) is 4.94. The minimum atomic E-state index is -0.498. The molecule has 2 aliphatic heterocycles. The predicted octanol–water partition coefficient (Wildman–Crippen LogP) is 3.46. The number of imidazole rings is 1. The smallest absolute Gasteiger partial charge is 0.410 e. The summed E-state index contributed by atoms with van der Waals surface area (Å²) in [4.78, 5) is 18.4. The molecule has 1 spiro atoms. The molecule has 1 aromatic carbocycles. The average Bonchev–Trinajstić information content (AvgIpc) is 3.25. The fourth-order valence-corrected chi connectivity index (χ4v) is 5.37. The van der Waals surface area contributed by atoms with Crippen molar-refractivity contribution in [3.05, 3.63) is 42.4 Å². The number of benzene rings is 1. The highest BCUT2D eigenvalue weighted by Gasteiger charge is 2.59. The largest absolute Gasteiger partial charge is 0.444 e. The minimum absolute atomic E-state index is 0.110. The number of likely N-dealkylation sites (tertiary alicyclic amines) is 1. The van der Waals surface area contributed by atoms with Crippen LogP contribution in [0.4, 0.5) is 4.79 Å². The Labute approximate surface area is 165 Å². The van der Waals surface area contributed by atoms with Gasteiger partial charge in [-0.1, -0.05) is 24.3 Å². The molecule has 2 aromatic rings. The number of aliphatic hydroxyl groups excluding tert-OH is 1. The van der Waals surface area contributed by atoms with Crippen LogP contribution >= 0.6 is 0 Å². The lowest BCUT2D eigenvalue weighted by molar-refractivity contribution is -0.0900. The third-order valence-electron chi connectivity index (χ3n) is 6.60. The maximum Gasteiger partial charge on any atom is 0.410 e. The van der Waals surface area contributed by atoms with Crippen molar-refractivity contribution in [3.63, 3.8) is 0 Å². The fourth-order valence-electron chi connectivity index (χ4n) is 5.37. The van der Waals surface area contributed by atoms with Gasteiger partial charge in [0.1, 0.15) is 5.60 Å². The van der Waals surface area contributed by atoms with E-state index < -0.39 is 11.7 Å². The first kappa shape index (κ1) is 17.7. The standard InChI is InChI=1S/C22H27N3O3/c1-21(2,3)28-20(27)24-11-22(12-24)9-8-16(19(22)26)18-15-7-5-4-6-14(15)17-10-23-13-25(17)18/h4-7,10,13,16,18-19,26H,8-9,11-12H2,1-3H3/t16-,18+,19-/m1/s1. The van der Waals surface area contributed by atoms with E-state index in [0.29, 0.717) is 13.1 Å². The zero-order valence-electron chi connectivity index (χ0n) is 16.6. The molecule has 3 aliphatic rings. The summed E-state index contributed by atoms with van der Waals surface area (Å²) in [6.45, 7) is 6.78. The van der Waals surface area contributed by atoms with Crippen LogP contribution in [0.25, 0.3) is 11.3 Å². The Morgan fingerprint density at radius 3 is 2.79 bits per heavy atom. The van der Waals surface area contributed by atoms with Crippen molar-refractivity contribution >= 4 is 6.09 Å². The Kier molecular flexibility index (Phi) is 3.69. The quantitative estimate of drug-likeness (QED) is 0.821. The maximum atomic E-state index is 12.3. The Morgan fingerprint density at radius 2 is 2.04 bits per heavy atom. The van der Waals surface area contributed by atoms with Gasteiger partial charge in [-0.25, -0.2) is 9.78 Å². The lowest BCUT2D eigenvalue weighted by Gasteiger charge is -2.50. The van der Waals surface area contributed by atoms with Crippen LogP contribution in [0.5, 0.6) is 0 Å². The van der Waals surface area contributed by atoms with Crippen LogP contribution < -0.4 is 0 Å². The van der Waals surface area contributed by atoms with E-state index in [-0.39, 0.29) is 23.5 Å². The number of carbonyl (C=O) groups excluding carboxylic acids is 1. The number of hydrogen-bond acceptors (Lipinski definition) is 4. The van der Waals surface area contributed by atoms with Gasteiger partial charge in [-0.3, -0.25) is 0 Å². The summed E-state index contributed by atoms with van der Waals surface area (Å²) >= 11 is 0. The van der Waals surface area contributed by atoms with E-state index in [1.807, 2.05) is 33.3 Å². The van der Waals surface area contributed by atoms with Gasteiger partial charge in [-0.2, -0.15) is 0 Å². The number of carbonyl (C=O) groups is 1. The van der Waals surface area contributed by atoms with Crippen LogP contribution in [0.15, 0.2) is 36.8 Å². The third kappa shape index (κ3) is 2.50. The monoisotopic (exact) mass is 381 g/mol. The highest BCUT2D eigenvalue weighted by atomic mass is 16.6. The van der Waals surface area contributed by atoms with E-state index in [9.17, 15) is 9.90 Å². The van der Waals surface area contributed by atoms with Gasteiger partial charge in [0, 0.05) is 30.0 Å². The summed E-state index contributed by atoms with van der Waals surface area (Å²) in [7, 11) is 0. The second-order valence-electron chi connectivity index (χ2n) is 9.56. The Balaban J connectivity index is 1.36. The summed E-state index contributed by atoms with van der Waals surface area (Å²) in [5, 5.41) is 11.3. The highest BCUT2D eigenvalue weighted by Crippen LogP contribution is 2.55. The van der Waals surface area contributed by atoms with Gasteiger partial charge >= 0.3 is 6.09 Å². The van der Waals surface area contributed by atoms with Gasteiger partial charge in [0.05, 0.1) is 30.4 Å². The summed E-state index contributed by atoms with van der Waals surface area (Å²) in [5.74, 6) is 0.123. The molecule has 148 valence electrons. The molecule has 6 heteroatoms. The van der Waals surface area contributed by atoms with E-state index in [1.165, 1.54) is 11.1 Å². The fraction of sp³-hybridized carbons (Fsp3) is 0.545. The first-order valence-corrected chi connectivity index (χ1v) is 10.1. The van der Waals surface area contributed by atoms with Gasteiger partial charge in [-0.15, -0.1) is 0 Å². The van der Waals surface area contributed by atoms with Crippen LogP contribution in [0, 0.1) is 11.3 Å².